The zero-order valence-electron chi connectivity index (χ0n) is 10.3. The summed E-state index contributed by atoms with van der Waals surface area (Å²) < 4.78 is 0. The predicted molar refractivity (Wildman–Crippen MR) is 61.0 cm³/mol. The maximum Gasteiger partial charge on any atom is 0.135 e. The Hall–Kier alpha value is -0.990. The molecule has 0 heterocycles. The molecule has 1 fully saturated rings. The van der Waals surface area contributed by atoms with Crippen LogP contribution in [0.2, 0.25) is 0 Å². The number of carbonyl (C=O) groups is 3. The van der Waals surface area contributed by atoms with Crippen LogP contribution in [0.25, 0.3) is 0 Å². The minimum absolute atomic E-state index is 0.0819. The summed E-state index contributed by atoms with van der Waals surface area (Å²) in [4.78, 5) is 34.5. The monoisotopic (exact) mass is 224 g/mol. The smallest absolute Gasteiger partial charge is 0.135 e. The average molecular weight is 224 g/mol. The van der Waals surface area contributed by atoms with Gasteiger partial charge in [-0.25, -0.2) is 0 Å². The Bertz CT molecular complexity index is 284. The summed E-state index contributed by atoms with van der Waals surface area (Å²) in [5.74, 6) is 0.143. The molecule has 0 N–H and O–H groups in total. The van der Waals surface area contributed by atoms with Crippen LogP contribution in [0.1, 0.15) is 46.5 Å². The van der Waals surface area contributed by atoms with Crippen LogP contribution in [0, 0.1) is 17.8 Å². The van der Waals surface area contributed by atoms with E-state index in [1.807, 2.05) is 6.92 Å². The molecule has 0 amide bonds. The van der Waals surface area contributed by atoms with Crippen molar-refractivity contribution in [2.24, 2.45) is 17.8 Å². The normalized spacial score (nSPS) is 29.8. The van der Waals surface area contributed by atoms with Gasteiger partial charge < -0.3 is 0 Å². The highest BCUT2D eigenvalue weighted by atomic mass is 16.1. The molecule has 2 atom stereocenters. The van der Waals surface area contributed by atoms with Gasteiger partial charge in [-0.2, -0.15) is 0 Å². The van der Waals surface area contributed by atoms with Gasteiger partial charge in [-0.05, 0) is 33.1 Å². The van der Waals surface area contributed by atoms with E-state index in [0.29, 0.717) is 25.7 Å². The van der Waals surface area contributed by atoms with Gasteiger partial charge in [-0.15, -0.1) is 0 Å². The minimum atomic E-state index is -0.0943. The van der Waals surface area contributed by atoms with Gasteiger partial charge in [0.05, 0.1) is 0 Å². The van der Waals surface area contributed by atoms with Gasteiger partial charge in [-0.1, -0.05) is 6.92 Å². The predicted octanol–water partition coefficient (Wildman–Crippen LogP) is 2.18. The molecule has 1 rings (SSSR count). The van der Waals surface area contributed by atoms with E-state index in [4.69, 9.17) is 0 Å². The molecule has 0 bridgehead atoms. The van der Waals surface area contributed by atoms with Crippen molar-refractivity contribution in [2.45, 2.75) is 46.5 Å². The lowest BCUT2D eigenvalue weighted by Crippen LogP contribution is -2.33. The molecular weight excluding hydrogens is 204 g/mol. The second kappa shape index (κ2) is 5.37. The molecule has 0 aromatic carbocycles. The summed E-state index contributed by atoms with van der Waals surface area (Å²) >= 11 is 0. The van der Waals surface area contributed by atoms with Gasteiger partial charge >= 0.3 is 0 Å². The highest BCUT2D eigenvalue weighted by Crippen LogP contribution is 2.35. The van der Waals surface area contributed by atoms with Crippen molar-refractivity contribution in [3.63, 3.8) is 0 Å². The highest BCUT2D eigenvalue weighted by molar-refractivity contribution is 5.86. The van der Waals surface area contributed by atoms with Gasteiger partial charge in [0.15, 0.2) is 0 Å². The van der Waals surface area contributed by atoms with E-state index in [2.05, 4.69) is 0 Å². The first-order chi connectivity index (χ1) is 7.45. The van der Waals surface area contributed by atoms with E-state index < -0.39 is 0 Å². The quantitative estimate of drug-likeness (QED) is 0.735. The molecule has 1 saturated carbocycles. The number of ketones is 3. The topological polar surface area (TPSA) is 51.2 Å². The number of Topliss-reactive ketones (excluding diaryl/α,β-unsaturated/α-hetero) is 3. The number of hydrogen-bond donors (Lipinski definition) is 0. The Morgan fingerprint density at radius 1 is 0.875 bits per heavy atom. The van der Waals surface area contributed by atoms with Crippen LogP contribution in [-0.2, 0) is 14.4 Å². The highest BCUT2D eigenvalue weighted by Gasteiger charge is 2.35. The first-order valence-electron chi connectivity index (χ1n) is 5.99. The average Bonchev–Trinajstić information content (AvgIpc) is 2.27. The lowest BCUT2D eigenvalue weighted by molar-refractivity contribution is -0.130. The SMILES string of the molecule is CCC(=O)C1CC(C(C)=O)CC(C(C)=O)C1. The van der Waals surface area contributed by atoms with Crippen LogP contribution in [0.5, 0.6) is 0 Å². The van der Waals surface area contributed by atoms with Crippen LogP contribution in [0.3, 0.4) is 0 Å². The van der Waals surface area contributed by atoms with Crippen LogP contribution in [0.4, 0.5) is 0 Å². The van der Waals surface area contributed by atoms with Crippen molar-refractivity contribution in [2.75, 3.05) is 0 Å². The van der Waals surface area contributed by atoms with Gasteiger partial charge in [0, 0.05) is 24.2 Å². The fourth-order valence-electron chi connectivity index (χ4n) is 2.53. The molecule has 1 aliphatic carbocycles. The Kier molecular flexibility index (Phi) is 4.39. The second-order valence-corrected chi connectivity index (χ2v) is 4.84. The molecule has 0 radical (unpaired) electrons. The van der Waals surface area contributed by atoms with Crippen LogP contribution >= 0.6 is 0 Å². The fourth-order valence-corrected chi connectivity index (χ4v) is 2.53. The minimum Gasteiger partial charge on any atom is -0.300 e. The van der Waals surface area contributed by atoms with Crippen molar-refractivity contribution in [1.82, 2.24) is 0 Å². The molecule has 0 aliphatic heterocycles. The van der Waals surface area contributed by atoms with Gasteiger partial charge in [-0.3, -0.25) is 14.4 Å². The second-order valence-electron chi connectivity index (χ2n) is 4.84. The largest absolute Gasteiger partial charge is 0.300 e. The molecule has 1 aliphatic rings. The summed E-state index contributed by atoms with van der Waals surface area (Å²) in [6.45, 7) is 4.95. The Balaban J connectivity index is 2.78. The summed E-state index contributed by atoms with van der Waals surface area (Å²) in [7, 11) is 0. The molecule has 90 valence electrons. The van der Waals surface area contributed by atoms with E-state index in [-0.39, 0.29) is 35.1 Å². The van der Waals surface area contributed by atoms with E-state index in [1.165, 1.54) is 0 Å². The molecule has 0 aromatic rings. The first-order valence-corrected chi connectivity index (χ1v) is 5.99. The van der Waals surface area contributed by atoms with Crippen molar-refractivity contribution < 1.29 is 14.4 Å². The maximum atomic E-state index is 11.7. The summed E-state index contributed by atoms with van der Waals surface area (Å²) in [6, 6.07) is 0. The van der Waals surface area contributed by atoms with Crippen LogP contribution < -0.4 is 0 Å². The van der Waals surface area contributed by atoms with Gasteiger partial charge in [0.2, 0.25) is 0 Å². The van der Waals surface area contributed by atoms with E-state index in [9.17, 15) is 14.4 Å². The van der Waals surface area contributed by atoms with Crippen molar-refractivity contribution in [3.8, 4) is 0 Å². The lowest BCUT2D eigenvalue weighted by Gasteiger charge is -2.31. The third kappa shape index (κ3) is 3.00. The van der Waals surface area contributed by atoms with E-state index in [1.54, 1.807) is 13.8 Å². The van der Waals surface area contributed by atoms with Gasteiger partial charge in [0.1, 0.15) is 17.3 Å². The van der Waals surface area contributed by atoms with E-state index in [0.717, 1.165) is 0 Å². The lowest BCUT2D eigenvalue weighted by atomic mass is 9.71. The summed E-state index contributed by atoms with van der Waals surface area (Å²) in [5.41, 5.74) is 0. The third-order valence-corrected chi connectivity index (χ3v) is 3.66. The number of carbonyl (C=O) groups excluding carboxylic acids is 3. The Labute approximate surface area is 96.6 Å². The van der Waals surface area contributed by atoms with Crippen molar-refractivity contribution in [3.05, 3.63) is 0 Å². The Morgan fingerprint density at radius 3 is 1.56 bits per heavy atom. The van der Waals surface area contributed by atoms with Crippen molar-refractivity contribution >= 4 is 17.3 Å². The number of hydrogen-bond acceptors (Lipinski definition) is 3. The number of rotatable bonds is 4. The van der Waals surface area contributed by atoms with Crippen LogP contribution in [0.15, 0.2) is 0 Å². The van der Waals surface area contributed by atoms with Crippen molar-refractivity contribution in [1.29, 1.82) is 0 Å². The molecule has 3 heteroatoms. The zero-order chi connectivity index (χ0) is 12.3. The third-order valence-electron chi connectivity index (χ3n) is 3.66. The summed E-state index contributed by atoms with van der Waals surface area (Å²) in [5, 5.41) is 0. The standard InChI is InChI=1S/C13H20O3/c1-4-13(16)12-6-10(8(2)14)5-11(7-12)9(3)15/h10-12H,4-7H2,1-3H3. The molecule has 0 spiro atoms. The first kappa shape index (κ1) is 13.1. The maximum absolute atomic E-state index is 11.7. The zero-order valence-corrected chi connectivity index (χ0v) is 10.3. The fraction of sp³-hybridized carbons (Fsp3) is 0.769. The van der Waals surface area contributed by atoms with Crippen LogP contribution in [-0.4, -0.2) is 17.3 Å². The molecule has 2 unspecified atom stereocenters. The summed E-state index contributed by atoms with van der Waals surface area (Å²) in [6.07, 6.45) is 2.43. The van der Waals surface area contributed by atoms with Gasteiger partial charge in [0.25, 0.3) is 0 Å². The molecular formula is C13H20O3. The molecule has 3 nitrogen and oxygen atoms in total. The van der Waals surface area contributed by atoms with E-state index >= 15 is 0 Å². The molecule has 16 heavy (non-hydrogen) atoms. The molecule has 0 aromatic heterocycles. The Morgan fingerprint density at radius 2 is 1.25 bits per heavy atom. The molecule has 0 saturated heterocycles.